The Morgan fingerprint density at radius 2 is 1.92 bits per heavy atom. The summed E-state index contributed by atoms with van der Waals surface area (Å²) in [6.07, 6.45) is 3.75. The zero-order valence-corrected chi connectivity index (χ0v) is 15.6. The number of halogens is 1. The largest absolute Gasteiger partial charge is 0.508 e. The smallest absolute Gasteiger partial charge is 0.133 e. The van der Waals surface area contributed by atoms with E-state index in [1.807, 2.05) is 20.8 Å². The normalized spacial score (nSPS) is 13.4. The highest BCUT2D eigenvalue weighted by molar-refractivity contribution is 5.53. The number of benzene rings is 2. The van der Waals surface area contributed by atoms with Gasteiger partial charge in [0.2, 0.25) is 0 Å². The molecule has 0 fully saturated rings. The van der Waals surface area contributed by atoms with Crippen LogP contribution in [-0.4, -0.2) is 11.7 Å². The molecule has 0 amide bonds. The van der Waals surface area contributed by atoms with E-state index in [9.17, 15) is 9.50 Å². The van der Waals surface area contributed by atoms with Crippen molar-refractivity contribution in [2.45, 2.75) is 59.3 Å². The van der Waals surface area contributed by atoms with Crippen LogP contribution in [0.3, 0.4) is 0 Å². The molecule has 2 aromatic carbocycles. The van der Waals surface area contributed by atoms with Crippen molar-refractivity contribution in [3.63, 3.8) is 0 Å². The molecule has 3 heteroatoms. The van der Waals surface area contributed by atoms with E-state index < -0.39 is 0 Å². The molecule has 0 bridgehead atoms. The summed E-state index contributed by atoms with van der Waals surface area (Å²) < 4.78 is 20.8. The van der Waals surface area contributed by atoms with Gasteiger partial charge < -0.3 is 9.84 Å². The lowest BCUT2D eigenvalue weighted by Crippen LogP contribution is -2.06. The Balaban J connectivity index is 2.05. The minimum Gasteiger partial charge on any atom is -0.508 e. The second kappa shape index (κ2) is 7.07. The molecule has 2 aromatic rings. The summed E-state index contributed by atoms with van der Waals surface area (Å²) in [5, 5.41) is 10.0. The number of hydrogen-bond donors (Lipinski definition) is 1. The summed E-state index contributed by atoms with van der Waals surface area (Å²) in [5.74, 6) is 0.720. The third-order valence-corrected chi connectivity index (χ3v) is 5.18. The summed E-state index contributed by atoms with van der Waals surface area (Å²) >= 11 is 0. The van der Waals surface area contributed by atoms with Gasteiger partial charge in [-0.25, -0.2) is 4.39 Å². The van der Waals surface area contributed by atoms with Gasteiger partial charge in [0.05, 0.1) is 6.61 Å². The number of phenolic OH excluding ortho intramolecular Hbond substituents is 1. The number of phenols is 1. The molecule has 2 nitrogen and oxygen atoms in total. The number of aromatic hydroxyl groups is 1. The summed E-state index contributed by atoms with van der Waals surface area (Å²) in [5.41, 5.74) is 6.08. The molecule has 0 unspecified atom stereocenters. The maximum absolute atomic E-state index is 15.0. The molecule has 0 saturated carbocycles. The van der Waals surface area contributed by atoms with Crippen LogP contribution in [0.25, 0.3) is 0 Å². The predicted molar refractivity (Wildman–Crippen MR) is 99.3 cm³/mol. The second-order valence-corrected chi connectivity index (χ2v) is 7.22. The molecule has 0 atom stereocenters. The fourth-order valence-electron chi connectivity index (χ4n) is 3.99. The highest BCUT2D eigenvalue weighted by Crippen LogP contribution is 2.38. The Labute approximate surface area is 149 Å². The number of rotatable bonds is 5. The third kappa shape index (κ3) is 3.24. The Bertz CT molecular complexity index is 793. The van der Waals surface area contributed by atoms with Gasteiger partial charge in [0.1, 0.15) is 17.3 Å². The van der Waals surface area contributed by atoms with Crippen molar-refractivity contribution < 1.29 is 14.2 Å². The van der Waals surface area contributed by atoms with E-state index in [0.717, 1.165) is 30.6 Å². The van der Waals surface area contributed by atoms with Crippen LogP contribution >= 0.6 is 0 Å². The molecule has 1 N–H and O–H groups in total. The van der Waals surface area contributed by atoms with Gasteiger partial charge in [-0.05, 0) is 79.0 Å². The first-order valence-corrected chi connectivity index (χ1v) is 9.21. The van der Waals surface area contributed by atoms with Gasteiger partial charge in [0.25, 0.3) is 0 Å². The molecule has 1 aliphatic rings. The van der Waals surface area contributed by atoms with E-state index in [2.05, 4.69) is 13.0 Å². The maximum atomic E-state index is 15.0. The van der Waals surface area contributed by atoms with Crippen LogP contribution in [0.4, 0.5) is 4.39 Å². The van der Waals surface area contributed by atoms with E-state index in [1.54, 1.807) is 12.1 Å². The molecule has 3 rings (SSSR count). The number of hydrogen-bond acceptors (Lipinski definition) is 2. The molecule has 0 spiro atoms. The zero-order chi connectivity index (χ0) is 18.1. The summed E-state index contributed by atoms with van der Waals surface area (Å²) in [7, 11) is 0. The van der Waals surface area contributed by atoms with Gasteiger partial charge >= 0.3 is 0 Å². The lowest BCUT2D eigenvalue weighted by Gasteiger charge is -2.18. The second-order valence-electron chi connectivity index (χ2n) is 7.22. The fourth-order valence-corrected chi connectivity index (χ4v) is 3.99. The van der Waals surface area contributed by atoms with Gasteiger partial charge in [-0.2, -0.15) is 0 Å². The van der Waals surface area contributed by atoms with E-state index in [0.29, 0.717) is 24.2 Å². The summed E-state index contributed by atoms with van der Waals surface area (Å²) in [4.78, 5) is 0. The van der Waals surface area contributed by atoms with Crippen LogP contribution in [0, 0.1) is 12.7 Å². The predicted octanol–water partition coefficient (Wildman–Crippen LogP) is 5.44. The SMILES string of the molecule is CCOc1cc(C)c(Cc2ccc(O)c(C(C)C)c2F)c2c1CCC2. The van der Waals surface area contributed by atoms with Crippen LogP contribution < -0.4 is 4.74 Å². The quantitative estimate of drug-likeness (QED) is 0.784. The highest BCUT2D eigenvalue weighted by Gasteiger charge is 2.23. The maximum Gasteiger partial charge on any atom is 0.133 e. The van der Waals surface area contributed by atoms with Crippen molar-refractivity contribution in [3.05, 3.63) is 57.4 Å². The van der Waals surface area contributed by atoms with Crippen LogP contribution in [0.15, 0.2) is 18.2 Å². The number of ether oxygens (including phenoxy) is 1. The van der Waals surface area contributed by atoms with Gasteiger partial charge in [-0.3, -0.25) is 0 Å². The molecule has 25 heavy (non-hydrogen) atoms. The highest BCUT2D eigenvalue weighted by atomic mass is 19.1. The molecule has 0 aromatic heterocycles. The van der Waals surface area contributed by atoms with Crippen LogP contribution in [0.5, 0.6) is 11.5 Å². The average molecular weight is 342 g/mol. The third-order valence-electron chi connectivity index (χ3n) is 5.18. The zero-order valence-electron chi connectivity index (χ0n) is 15.6. The molecule has 134 valence electrons. The van der Waals surface area contributed by atoms with Crippen LogP contribution in [-0.2, 0) is 19.3 Å². The molecule has 0 saturated heterocycles. The van der Waals surface area contributed by atoms with Crippen molar-refractivity contribution >= 4 is 0 Å². The minimum atomic E-state index is -0.268. The van der Waals surface area contributed by atoms with E-state index in [-0.39, 0.29) is 17.5 Å². The first-order valence-electron chi connectivity index (χ1n) is 9.21. The fraction of sp³-hybridized carbons (Fsp3) is 0.455. The molecule has 0 heterocycles. The van der Waals surface area contributed by atoms with Gasteiger partial charge in [0.15, 0.2) is 0 Å². The molecule has 0 aliphatic heterocycles. The van der Waals surface area contributed by atoms with Crippen molar-refractivity contribution in [2.24, 2.45) is 0 Å². The van der Waals surface area contributed by atoms with Crippen molar-refractivity contribution in [2.75, 3.05) is 6.61 Å². The summed E-state index contributed by atoms with van der Waals surface area (Å²) in [6.45, 7) is 8.56. The molecular formula is C22H27FO2. The lowest BCUT2D eigenvalue weighted by molar-refractivity contribution is 0.336. The Hall–Kier alpha value is -2.03. The first kappa shape index (κ1) is 17.8. The van der Waals surface area contributed by atoms with E-state index in [4.69, 9.17) is 4.74 Å². The lowest BCUT2D eigenvalue weighted by atomic mass is 9.90. The Kier molecular flexibility index (Phi) is 5.03. The average Bonchev–Trinajstić information content (AvgIpc) is 3.02. The summed E-state index contributed by atoms with van der Waals surface area (Å²) in [6, 6.07) is 5.44. The molecule has 1 aliphatic carbocycles. The van der Waals surface area contributed by atoms with Crippen molar-refractivity contribution in [1.82, 2.24) is 0 Å². The van der Waals surface area contributed by atoms with Crippen LogP contribution in [0.2, 0.25) is 0 Å². The standard InChI is InChI=1S/C22H27FO2/c1-5-25-20-11-14(4)18(16-7-6-8-17(16)20)12-15-9-10-19(24)21(13(2)3)22(15)23/h9-11,13,24H,5-8,12H2,1-4H3. The monoisotopic (exact) mass is 342 g/mol. The van der Waals surface area contributed by atoms with E-state index >= 15 is 0 Å². The molecule has 0 radical (unpaired) electrons. The topological polar surface area (TPSA) is 29.5 Å². The Morgan fingerprint density at radius 1 is 1.20 bits per heavy atom. The van der Waals surface area contributed by atoms with Crippen LogP contribution in [0.1, 0.15) is 66.5 Å². The van der Waals surface area contributed by atoms with Gasteiger partial charge in [0, 0.05) is 12.0 Å². The number of aryl methyl sites for hydroxylation is 1. The molecular weight excluding hydrogens is 315 g/mol. The van der Waals surface area contributed by atoms with Crippen molar-refractivity contribution in [1.29, 1.82) is 0 Å². The van der Waals surface area contributed by atoms with E-state index in [1.165, 1.54) is 16.7 Å². The van der Waals surface area contributed by atoms with Gasteiger partial charge in [-0.1, -0.05) is 19.9 Å². The first-order chi connectivity index (χ1) is 11.9. The number of fused-ring (bicyclic) bond motifs is 1. The Morgan fingerprint density at radius 3 is 2.60 bits per heavy atom. The minimum absolute atomic E-state index is 0.0462. The van der Waals surface area contributed by atoms with Crippen molar-refractivity contribution in [3.8, 4) is 11.5 Å². The van der Waals surface area contributed by atoms with Gasteiger partial charge in [-0.15, -0.1) is 0 Å².